The van der Waals surface area contributed by atoms with E-state index in [-0.39, 0.29) is 0 Å². The highest BCUT2D eigenvalue weighted by atomic mass is 35.5. The van der Waals surface area contributed by atoms with Crippen molar-refractivity contribution in [2.75, 3.05) is 10.6 Å². The molecule has 3 aromatic rings. The normalized spacial score (nSPS) is 18.8. The quantitative estimate of drug-likeness (QED) is 0.496. The first-order valence-corrected chi connectivity index (χ1v) is 10.9. The van der Waals surface area contributed by atoms with Gasteiger partial charge >= 0.3 is 0 Å². The van der Waals surface area contributed by atoms with E-state index in [0.717, 1.165) is 55.1 Å². The molecule has 4 rings (SSSR count). The fourth-order valence-electron chi connectivity index (χ4n) is 3.77. The molecular weight excluding hydrogens is 394 g/mol. The fourth-order valence-corrected chi connectivity index (χ4v) is 3.97. The molecule has 0 saturated heterocycles. The van der Waals surface area contributed by atoms with Gasteiger partial charge in [-0.2, -0.15) is 0 Å². The molecule has 0 atom stereocenters. The van der Waals surface area contributed by atoms with Crippen LogP contribution in [0.2, 0.25) is 5.02 Å². The second-order valence-corrected chi connectivity index (χ2v) is 8.46. The van der Waals surface area contributed by atoms with Crippen LogP contribution in [-0.2, 0) is 6.54 Å². The minimum absolute atomic E-state index is 0.330. The third-order valence-electron chi connectivity index (χ3n) is 5.60. The summed E-state index contributed by atoms with van der Waals surface area (Å²) in [4.78, 5) is 9.23. The number of hydrogen-bond donors (Lipinski definition) is 3. The van der Waals surface area contributed by atoms with Crippen LogP contribution in [0, 0.1) is 6.92 Å². The second kappa shape index (κ2) is 9.45. The maximum absolute atomic E-state index is 6.47. The molecule has 1 aliphatic rings. The van der Waals surface area contributed by atoms with E-state index in [1.54, 1.807) is 6.20 Å². The molecule has 5 nitrogen and oxygen atoms in total. The van der Waals surface area contributed by atoms with Gasteiger partial charge in [0.15, 0.2) is 0 Å². The van der Waals surface area contributed by atoms with E-state index in [0.29, 0.717) is 17.1 Å². The van der Waals surface area contributed by atoms with Gasteiger partial charge in [-0.3, -0.25) is 0 Å². The van der Waals surface area contributed by atoms with Gasteiger partial charge in [0, 0.05) is 30.4 Å². The van der Waals surface area contributed by atoms with Crippen molar-refractivity contribution in [1.82, 2.24) is 9.97 Å². The molecule has 0 radical (unpaired) electrons. The van der Waals surface area contributed by atoms with Crippen molar-refractivity contribution in [2.45, 2.75) is 51.2 Å². The Hall–Kier alpha value is -2.63. The topological polar surface area (TPSA) is 75.9 Å². The highest BCUT2D eigenvalue weighted by Gasteiger charge is 2.19. The minimum Gasteiger partial charge on any atom is -0.367 e. The van der Waals surface area contributed by atoms with Crippen LogP contribution in [0.5, 0.6) is 0 Å². The Balaban J connectivity index is 1.47. The summed E-state index contributed by atoms with van der Waals surface area (Å²) in [6.45, 7) is 2.81. The molecule has 2 aromatic heterocycles. The first kappa shape index (κ1) is 20.6. The van der Waals surface area contributed by atoms with Gasteiger partial charge in [-0.05, 0) is 56.4 Å². The van der Waals surface area contributed by atoms with Gasteiger partial charge in [0.25, 0.3) is 0 Å². The van der Waals surface area contributed by atoms with Crippen LogP contribution in [0.1, 0.15) is 36.8 Å². The molecule has 2 heterocycles. The molecule has 0 spiro atoms. The number of benzene rings is 1. The number of rotatable bonds is 6. The maximum Gasteiger partial charge on any atom is 0.126 e. The van der Waals surface area contributed by atoms with Crippen LogP contribution in [0.4, 0.5) is 11.6 Å². The minimum atomic E-state index is 0.330. The third-order valence-corrected chi connectivity index (χ3v) is 5.90. The van der Waals surface area contributed by atoms with Crippen LogP contribution in [0.15, 0.2) is 54.7 Å². The Labute approximate surface area is 183 Å². The van der Waals surface area contributed by atoms with Gasteiger partial charge in [0.1, 0.15) is 11.6 Å². The maximum atomic E-state index is 6.47. The molecule has 0 aliphatic heterocycles. The molecule has 1 aromatic carbocycles. The third kappa shape index (κ3) is 5.29. The molecule has 0 unspecified atom stereocenters. The lowest BCUT2D eigenvalue weighted by molar-refractivity contribution is 0.410. The number of hydrogen-bond acceptors (Lipinski definition) is 5. The summed E-state index contributed by atoms with van der Waals surface area (Å²) >= 11 is 6.47. The van der Waals surface area contributed by atoms with Crippen LogP contribution >= 0.6 is 11.6 Å². The van der Waals surface area contributed by atoms with E-state index < -0.39 is 0 Å². The highest BCUT2D eigenvalue weighted by Crippen LogP contribution is 2.30. The number of halogens is 1. The zero-order valence-electron chi connectivity index (χ0n) is 17.2. The van der Waals surface area contributed by atoms with E-state index in [2.05, 4.69) is 46.8 Å². The number of pyridine rings is 2. The molecule has 1 saturated carbocycles. The van der Waals surface area contributed by atoms with Crippen molar-refractivity contribution in [2.24, 2.45) is 5.73 Å². The molecular formula is C24H28ClN5. The van der Waals surface area contributed by atoms with Crippen LogP contribution in [0.25, 0.3) is 11.3 Å². The van der Waals surface area contributed by atoms with Crippen molar-refractivity contribution in [3.05, 3.63) is 70.9 Å². The molecule has 6 heteroatoms. The lowest BCUT2D eigenvalue weighted by atomic mass is 9.92. The monoisotopic (exact) mass is 421 g/mol. The summed E-state index contributed by atoms with van der Waals surface area (Å²) < 4.78 is 0. The number of anilines is 2. The van der Waals surface area contributed by atoms with Crippen LogP contribution < -0.4 is 16.4 Å². The smallest absolute Gasteiger partial charge is 0.126 e. The first-order valence-electron chi connectivity index (χ1n) is 10.5. The van der Waals surface area contributed by atoms with E-state index in [1.165, 1.54) is 11.1 Å². The predicted molar refractivity (Wildman–Crippen MR) is 125 cm³/mol. The number of aryl methyl sites for hydroxylation is 1. The number of nitrogens with two attached hydrogens (primary N) is 1. The predicted octanol–water partition coefficient (Wildman–Crippen LogP) is 5.40. The molecule has 30 heavy (non-hydrogen) atoms. The Kier molecular flexibility index (Phi) is 6.50. The summed E-state index contributed by atoms with van der Waals surface area (Å²) in [5, 5.41) is 7.53. The summed E-state index contributed by atoms with van der Waals surface area (Å²) in [6, 6.07) is 17.1. The molecule has 0 bridgehead atoms. The summed E-state index contributed by atoms with van der Waals surface area (Å²) in [6.07, 6.45) is 5.93. The van der Waals surface area contributed by atoms with Gasteiger partial charge < -0.3 is 16.4 Å². The molecule has 156 valence electrons. The van der Waals surface area contributed by atoms with Crippen LogP contribution in [-0.4, -0.2) is 22.1 Å². The Bertz CT molecular complexity index is 981. The lowest BCUT2D eigenvalue weighted by Crippen LogP contribution is -2.33. The zero-order valence-corrected chi connectivity index (χ0v) is 18.0. The average molecular weight is 422 g/mol. The van der Waals surface area contributed by atoms with Crippen molar-refractivity contribution in [1.29, 1.82) is 0 Å². The number of nitrogens with one attached hydrogen (secondary N) is 2. The first-order chi connectivity index (χ1) is 14.6. The van der Waals surface area contributed by atoms with Crippen molar-refractivity contribution >= 4 is 23.2 Å². The Morgan fingerprint density at radius 3 is 2.57 bits per heavy atom. The van der Waals surface area contributed by atoms with Gasteiger partial charge in [-0.25, -0.2) is 9.97 Å². The second-order valence-electron chi connectivity index (χ2n) is 8.05. The lowest BCUT2D eigenvalue weighted by Gasteiger charge is -2.27. The van der Waals surface area contributed by atoms with Gasteiger partial charge in [0.2, 0.25) is 0 Å². The van der Waals surface area contributed by atoms with E-state index >= 15 is 0 Å². The largest absolute Gasteiger partial charge is 0.367 e. The van der Waals surface area contributed by atoms with Gasteiger partial charge in [0.05, 0.1) is 10.7 Å². The number of aromatic nitrogens is 2. The summed E-state index contributed by atoms with van der Waals surface area (Å²) in [5.41, 5.74) is 10.2. The van der Waals surface area contributed by atoms with E-state index in [1.807, 2.05) is 24.3 Å². The Morgan fingerprint density at radius 1 is 1.03 bits per heavy atom. The van der Waals surface area contributed by atoms with Crippen molar-refractivity contribution < 1.29 is 0 Å². The van der Waals surface area contributed by atoms with E-state index in [4.69, 9.17) is 22.3 Å². The summed E-state index contributed by atoms with van der Waals surface area (Å²) in [7, 11) is 0. The standard InChI is InChI=1S/C24H28ClN5/c1-16-5-7-17(8-6-16)14-27-23-4-2-3-22(30-23)20-13-24(28-15-21(20)25)29-19-11-9-18(26)10-12-19/h2-8,13,15,18-19H,9-12,14,26H2,1H3,(H,27,30)(H,28,29)/t18-,19-. The Morgan fingerprint density at radius 2 is 1.80 bits per heavy atom. The van der Waals surface area contributed by atoms with E-state index in [9.17, 15) is 0 Å². The molecule has 4 N–H and O–H groups in total. The van der Waals surface area contributed by atoms with Crippen molar-refractivity contribution in [3.8, 4) is 11.3 Å². The highest BCUT2D eigenvalue weighted by molar-refractivity contribution is 6.33. The van der Waals surface area contributed by atoms with Gasteiger partial charge in [-0.1, -0.05) is 47.5 Å². The molecule has 1 aliphatic carbocycles. The molecule has 1 fully saturated rings. The van der Waals surface area contributed by atoms with Gasteiger partial charge in [-0.15, -0.1) is 0 Å². The SMILES string of the molecule is Cc1ccc(CNc2cccc(-c3cc(N[C@H]4CC[C@H](N)CC4)ncc3Cl)n2)cc1. The van der Waals surface area contributed by atoms with Crippen LogP contribution in [0.3, 0.4) is 0 Å². The number of nitrogens with zero attached hydrogens (tertiary/aromatic N) is 2. The zero-order chi connectivity index (χ0) is 20.9. The average Bonchev–Trinajstić information content (AvgIpc) is 2.76. The van der Waals surface area contributed by atoms with Crippen molar-refractivity contribution in [3.63, 3.8) is 0 Å². The fraction of sp³-hybridized carbons (Fsp3) is 0.333. The molecule has 0 amide bonds. The summed E-state index contributed by atoms with van der Waals surface area (Å²) in [5.74, 6) is 1.64.